The van der Waals surface area contributed by atoms with Crippen molar-refractivity contribution in [1.29, 1.82) is 0 Å². The van der Waals surface area contributed by atoms with Crippen LogP contribution in [0.2, 0.25) is 0 Å². The topological polar surface area (TPSA) is 111 Å². The highest BCUT2D eigenvalue weighted by molar-refractivity contribution is 5.95. The van der Waals surface area contributed by atoms with Crippen molar-refractivity contribution in [3.05, 3.63) is 113 Å². The van der Waals surface area contributed by atoms with Gasteiger partial charge in [0.25, 0.3) is 5.91 Å². The standard InChI is InChI=1S/C37H44F2N4O4/c1-4-11-43(12-5-2)37(45)30-16-27(15-29(21-30)36-42-10-13-46-36)20-35(44)47-34(24-41-23-26-9-7-8-25(6-3)14-26)33(40)19-28-17-31(38)22-32(39)18-28/h7-10,13-18,21-22,33-34,41H,4-6,11-12,19-20,23-24,40H2,1-3H3/t33-,34+/m0/s1. The Balaban J connectivity index is 1.54. The SMILES string of the molecule is CCCN(CCC)C(=O)c1cc(CC(=O)O[C@H](CNCc2cccc(CC)c2)[C@@H](N)Cc2cc(F)cc(F)c2)cc(-c2ncco2)c1. The summed E-state index contributed by atoms with van der Waals surface area (Å²) in [4.78, 5) is 33.0. The van der Waals surface area contributed by atoms with E-state index in [2.05, 4.69) is 29.4 Å². The second-order valence-electron chi connectivity index (χ2n) is 11.7. The number of halogens is 2. The van der Waals surface area contributed by atoms with Crippen molar-refractivity contribution in [2.45, 2.75) is 71.6 Å². The van der Waals surface area contributed by atoms with Crippen molar-refractivity contribution in [2.24, 2.45) is 5.73 Å². The lowest BCUT2D eigenvalue weighted by Crippen LogP contribution is -2.46. The number of esters is 1. The summed E-state index contributed by atoms with van der Waals surface area (Å²) < 4.78 is 39.3. The predicted octanol–water partition coefficient (Wildman–Crippen LogP) is 6.26. The Morgan fingerprint density at radius 1 is 0.936 bits per heavy atom. The van der Waals surface area contributed by atoms with Gasteiger partial charge in [-0.3, -0.25) is 9.59 Å². The zero-order chi connectivity index (χ0) is 33.8. The molecule has 0 aliphatic heterocycles. The number of nitrogens with one attached hydrogen (secondary N) is 1. The van der Waals surface area contributed by atoms with Crippen LogP contribution in [0.1, 0.15) is 66.2 Å². The summed E-state index contributed by atoms with van der Waals surface area (Å²) in [5.41, 5.74) is 10.7. The quantitative estimate of drug-likeness (QED) is 0.130. The van der Waals surface area contributed by atoms with Crippen LogP contribution in [0.25, 0.3) is 11.5 Å². The Bertz CT molecular complexity index is 1590. The van der Waals surface area contributed by atoms with E-state index in [1.165, 1.54) is 30.2 Å². The van der Waals surface area contributed by atoms with E-state index in [1.807, 2.05) is 26.0 Å². The molecule has 47 heavy (non-hydrogen) atoms. The lowest BCUT2D eigenvalue weighted by molar-refractivity contribution is -0.149. The van der Waals surface area contributed by atoms with Gasteiger partial charge in [-0.05, 0) is 78.3 Å². The molecule has 1 amide bonds. The molecule has 0 aliphatic carbocycles. The first-order valence-electron chi connectivity index (χ1n) is 16.2. The normalized spacial score (nSPS) is 12.5. The number of oxazole rings is 1. The molecule has 0 unspecified atom stereocenters. The van der Waals surface area contributed by atoms with Crippen LogP contribution in [-0.2, 0) is 35.3 Å². The summed E-state index contributed by atoms with van der Waals surface area (Å²) in [5.74, 6) is -1.79. The van der Waals surface area contributed by atoms with Crippen LogP contribution in [0.4, 0.5) is 8.78 Å². The molecule has 0 fully saturated rings. The Morgan fingerprint density at radius 3 is 2.32 bits per heavy atom. The number of carbonyl (C=O) groups excluding carboxylic acids is 2. The second kappa shape index (κ2) is 17.5. The average molecular weight is 647 g/mol. The van der Waals surface area contributed by atoms with Crippen LogP contribution in [-0.4, -0.2) is 53.5 Å². The van der Waals surface area contributed by atoms with Crippen LogP contribution in [0.15, 0.2) is 77.5 Å². The lowest BCUT2D eigenvalue weighted by Gasteiger charge is -2.25. The van der Waals surface area contributed by atoms with E-state index in [0.717, 1.165) is 30.9 Å². The molecule has 2 atom stereocenters. The average Bonchev–Trinajstić information content (AvgIpc) is 3.59. The maximum atomic E-state index is 13.9. The van der Waals surface area contributed by atoms with E-state index in [4.69, 9.17) is 14.9 Å². The number of hydrogen-bond donors (Lipinski definition) is 2. The molecule has 250 valence electrons. The van der Waals surface area contributed by atoms with Crippen molar-refractivity contribution in [1.82, 2.24) is 15.2 Å². The van der Waals surface area contributed by atoms with Gasteiger partial charge < -0.3 is 25.1 Å². The summed E-state index contributed by atoms with van der Waals surface area (Å²) >= 11 is 0. The third-order valence-corrected chi connectivity index (χ3v) is 7.77. The van der Waals surface area contributed by atoms with E-state index in [1.54, 1.807) is 23.1 Å². The Kier molecular flexibility index (Phi) is 13.2. The smallest absolute Gasteiger partial charge is 0.310 e. The molecule has 0 aliphatic rings. The number of rotatable bonds is 17. The second-order valence-corrected chi connectivity index (χ2v) is 11.7. The highest BCUT2D eigenvalue weighted by Gasteiger charge is 2.24. The maximum absolute atomic E-state index is 13.9. The number of hydrogen-bond acceptors (Lipinski definition) is 7. The first-order valence-corrected chi connectivity index (χ1v) is 16.2. The third kappa shape index (κ3) is 10.6. The van der Waals surface area contributed by atoms with Crippen LogP contribution in [0.5, 0.6) is 0 Å². The van der Waals surface area contributed by atoms with Crippen molar-refractivity contribution in [3.8, 4) is 11.5 Å². The molecular weight excluding hydrogens is 602 g/mol. The van der Waals surface area contributed by atoms with Gasteiger partial charge in [0.05, 0.1) is 12.6 Å². The number of ether oxygens (including phenoxy) is 1. The number of nitrogens with zero attached hydrogens (tertiary/aromatic N) is 2. The largest absolute Gasteiger partial charge is 0.459 e. The molecule has 3 aromatic carbocycles. The minimum absolute atomic E-state index is 0.0859. The summed E-state index contributed by atoms with van der Waals surface area (Å²) in [5, 5.41) is 3.32. The molecular formula is C37H44F2N4O4. The van der Waals surface area contributed by atoms with E-state index in [-0.39, 0.29) is 25.3 Å². The van der Waals surface area contributed by atoms with Gasteiger partial charge >= 0.3 is 5.97 Å². The summed E-state index contributed by atoms with van der Waals surface area (Å²) in [6.45, 7) is 8.06. The molecule has 3 N–H and O–H groups in total. The highest BCUT2D eigenvalue weighted by atomic mass is 19.1. The van der Waals surface area contributed by atoms with E-state index in [9.17, 15) is 18.4 Å². The lowest BCUT2D eigenvalue weighted by atomic mass is 10.0. The van der Waals surface area contributed by atoms with E-state index >= 15 is 0 Å². The van der Waals surface area contributed by atoms with Gasteiger partial charge in [-0.2, -0.15) is 0 Å². The number of carbonyl (C=O) groups is 2. The van der Waals surface area contributed by atoms with Crippen molar-refractivity contribution in [2.75, 3.05) is 19.6 Å². The van der Waals surface area contributed by atoms with Gasteiger partial charge in [0.1, 0.15) is 24.0 Å². The summed E-state index contributed by atoms with van der Waals surface area (Å²) in [7, 11) is 0. The molecule has 0 saturated heterocycles. The van der Waals surface area contributed by atoms with Crippen molar-refractivity contribution < 1.29 is 27.5 Å². The van der Waals surface area contributed by atoms with Crippen molar-refractivity contribution >= 4 is 11.9 Å². The highest BCUT2D eigenvalue weighted by Crippen LogP contribution is 2.23. The zero-order valence-corrected chi connectivity index (χ0v) is 27.3. The van der Waals surface area contributed by atoms with Crippen LogP contribution >= 0.6 is 0 Å². The number of amides is 1. The fourth-order valence-electron chi connectivity index (χ4n) is 5.55. The van der Waals surface area contributed by atoms with E-state index < -0.39 is 29.7 Å². The molecule has 1 heterocycles. The number of benzene rings is 3. The van der Waals surface area contributed by atoms with Crippen LogP contribution in [0.3, 0.4) is 0 Å². The number of nitrogens with two attached hydrogens (primary N) is 1. The molecule has 10 heteroatoms. The molecule has 1 aromatic heterocycles. The fraction of sp³-hybridized carbons (Fsp3) is 0.378. The molecule has 8 nitrogen and oxygen atoms in total. The Morgan fingerprint density at radius 2 is 1.66 bits per heavy atom. The summed E-state index contributed by atoms with van der Waals surface area (Å²) in [6.07, 6.45) is 4.61. The molecule has 0 spiro atoms. The zero-order valence-electron chi connectivity index (χ0n) is 27.3. The monoisotopic (exact) mass is 646 g/mol. The molecule has 0 saturated carbocycles. The predicted molar refractivity (Wildman–Crippen MR) is 178 cm³/mol. The third-order valence-electron chi connectivity index (χ3n) is 7.77. The van der Waals surface area contributed by atoms with Gasteiger partial charge in [0, 0.05) is 49.4 Å². The number of aromatic nitrogens is 1. The first-order chi connectivity index (χ1) is 22.7. The fourth-order valence-corrected chi connectivity index (χ4v) is 5.55. The minimum atomic E-state index is -0.816. The van der Waals surface area contributed by atoms with Crippen LogP contribution in [0, 0.1) is 11.6 Å². The molecule has 0 radical (unpaired) electrons. The summed E-state index contributed by atoms with van der Waals surface area (Å²) in [6, 6.07) is 15.8. The first kappa shape index (κ1) is 35.4. The van der Waals surface area contributed by atoms with Gasteiger partial charge in [0.15, 0.2) is 0 Å². The van der Waals surface area contributed by atoms with E-state index in [0.29, 0.717) is 47.8 Å². The maximum Gasteiger partial charge on any atom is 0.310 e. The van der Waals surface area contributed by atoms with Crippen molar-refractivity contribution in [3.63, 3.8) is 0 Å². The molecule has 4 rings (SSSR count). The Hall–Kier alpha value is -4.41. The van der Waals surface area contributed by atoms with Gasteiger partial charge in [0.2, 0.25) is 5.89 Å². The van der Waals surface area contributed by atoms with Gasteiger partial charge in [-0.15, -0.1) is 0 Å². The molecule has 0 bridgehead atoms. The Labute approximate surface area is 275 Å². The minimum Gasteiger partial charge on any atom is -0.459 e. The van der Waals surface area contributed by atoms with Gasteiger partial charge in [-0.25, -0.2) is 13.8 Å². The van der Waals surface area contributed by atoms with Gasteiger partial charge in [-0.1, -0.05) is 45.0 Å². The number of aryl methyl sites for hydroxylation is 1. The molecule has 4 aromatic rings. The van der Waals surface area contributed by atoms with Crippen LogP contribution < -0.4 is 11.1 Å².